The number of aromatic carboxylic acids is 1. The number of aryl methyl sites for hydroxylation is 1. The summed E-state index contributed by atoms with van der Waals surface area (Å²) in [5, 5.41) is 12.6. The summed E-state index contributed by atoms with van der Waals surface area (Å²) in [6.07, 6.45) is 4.69. The van der Waals surface area contributed by atoms with Crippen LogP contribution in [-0.2, 0) is 11.3 Å². The Balaban J connectivity index is 1.58. The van der Waals surface area contributed by atoms with E-state index in [0.29, 0.717) is 23.2 Å². The van der Waals surface area contributed by atoms with Gasteiger partial charge in [-0.3, -0.25) is 4.79 Å². The topological polar surface area (TPSA) is 79.3 Å². The number of thiazole rings is 1. The van der Waals surface area contributed by atoms with Gasteiger partial charge in [0.25, 0.3) is 0 Å². The number of aromatic nitrogens is 1. The van der Waals surface area contributed by atoms with Crippen molar-refractivity contribution in [3.8, 4) is 0 Å². The molecule has 0 aromatic carbocycles. The van der Waals surface area contributed by atoms with Crippen LogP contribution in [0.25, 0.3) is 0 Å². The highest BCUT2D eigenvalue weighted by molar-refractivity contribution is 7.13. The molecule has 2 saturated carbocycles. The molecule has 0 aliphatic heterocycles. The van der Waals surface area contributed by atoms with Gasteiger partial charge in [0.2, 0.25) is 5.91 Å². The van der Waals surface area contributed by atoms with Crippen LogP contribution in [0.1, 0.15) is 46.1 Å². The molecule has 1 heterocycles. The zero-order valence-corrected chi connectivity index (χ0v) is 12.2. The molecule has 0 radical (unpaired) electrons. The van der Waals surface area contributed by atoms with Crippen LogP contribution in [0.15, 0.2) is 0 Å². The number of nitrogens with zero attached hydrogens (tertiary/aromatic N) is 1. The van der Waals surface area contributed by atoms with Gasteiger partial charge in [-0.25, -0.2) is 9.78 Å². The number of nitrogens with one attached hydrogen (secondary N) is 1. The molecule has 1 amide bonds. The van der Waals surface area contributed by atoms with Gasteiger partial charge in [0.05, 0.1) is 12.2 Å². The number of carboxylic acids is 1. The third-order valence-corrected chi connectivity index (χ3v) is 5.67. The van der Waals surface area contributed by atoms with Gasteiger partial charge in [0.1, 0.15) is 9.88 Å². The average molecular weight is 294 g/mol. The maximum absolute atomic E-state index is 12.2. The van der Waals surface area contributed by atoms with Gasteiger partial charge in [-0.1, -0.05) is 6.42 Å². The van der Waals surface area contributed by atoms with Crippen LogP contribution in [0, 0.1) is 24.7 Å². The summed E-state index contributed by atoms with van der Waals surface area (Å²) in [6.45, 7) is 2.02. The smallest absolute Gasteiger partial charge is 0.347 e. The second kappa shape index (κ2) is 5.16. The van der Waals surface area contributed by atoms with Gasteiger partial charge in [-0.2, -0.15) is 0 Å². The fourth-order valence-corrected chi connectivity index (χ4v) is 4.43. The van der Waals surface area contributed by atoms with Crippen molar-refractivity contribution in [1.29, 1.82) is 0 Å². The Hall–Kier alpha value is -1.43. The van der Waals surface area contributed by atoms with Crippen molar-refractivity contribution in [3.05, 3.63) is 15.6 Å². The second-order valence-electron chi connectivity index (χ2n) is 5.83. The first-order chi connectivity index (χ1) is 9.54. The Bertz CT molecular complexity index is 555. The second-order valence-corrected chi connectivity index (χ2v) is 6.91. The number of fused-ring (bicyclic) bond motifs is 2. The highest BCUT2D eigenvalue weighted by Gasteiger charge is 2.42. The molecule has 2 fully saturated rings. The van der Waals surface area contributed by atoms with E-state index in [-0.39, 0.29) is 16.7 Å². The van der Waals surface area contributed by atoms with Gasteiger partial charge in [-0.15, -0.1) is 11.3 Å². The molecule has 2 N–H and O–H groups in total. The maximum atomic E-state index is 12.2. The van der Waals surface area contributed by atoms with Crippen LogP contribution in [0.5, 0.6) is 0 Å². The maximum Gasteiger partial charge on any atom is 0.347 e. The first-order valence-electron chi connectivity index (χ1n) is 7.02. The van der Waals surface area contributed by atoms with Crippen molar-refractivity contribution >= 4 is 23.2 Å². The van der Waals surface area contributed by atoms with Crippen LogP contribution in [0.4, 0.5) is 0 Å². The van der Waals surface area contributed by atoms with E-state index in [2.05, 4.69) is 10.3 Å². The summed E-state index contributed by atoms with van der Waals surface area (Å²) in [5.41, 5.74) is 0.520. The zero-order valence-electron chi connectivity index (χ0n) is 11.4. The molecule has 3 rings (SSSR count). The van der Waals surface area contributed by atoms with Crippen molar-refractivity contribution in [2.45, 2.75) is 39.2 Å². The van der Waals surface area contributed by atoms with E-state index in [0.717, 1.165) is 23.7 Å². The van der Waals surface area contributed by atoms with Gasteiger partial charge >= 0.3 is 5.97 Å². The molecule has 0 spiro atoms. The number of rotatable bonds is 4. The van der Waals surface area contributed by atoms with E-state index >= 15 is 0 Å². The lowest BCUT2D eigenvalue weighted by Crippen LogP contribution is -2.33. The first-order valence-corrected chi connectivity index (χ1v) is 7.83. The quantitative estimate of drug-likeness (QED) is 0.892. The highest BCUT2D eigenvalue weighted by atomic mass is 32.1. The molecule has 2 bridgehead atoms. The lowest BCUT2D eigenvalue weighted by Gasteiger charge is -2.20. The lowest BCUT2D eigenvalue weighted by molar-refractivity contribution is -0.126. The van der Waals surface area contributed by atoms with Crippen molar-refractivity contribution in [2.24, 2.45) is 17.8 Å². The third kappa shape index (κ3) is 2.44. The summed E-state index contributed by atoms with van der Waals surface area (Å²) < 4.78 is 0. The van der Waals surface area contributed by atoms with Crippen molar-refractivity contribution in [3.63, 3.8) is 0 Å². The average Bonchev–Trinajstić information content (AvgIpc) is 3.10. The molecular weight excluding hydrogens is 276 g/mol. The van der Waals surface area contributed by atoms with Gasteiger partial charge in [0, 0.05) is 5.92 Å². The summed E-state index contributed by atoms with van der Waals surface area (Å²) in [6, 6.07) is 0. The zero-order chi connectivity index (χ0) is 14.3. The van der Waals surface area contributed by atoms with Crippen molar-refractivity contribution < 1.29 is 14.7 Å². The Labute approximate surface area is 121 Å². The molecule has 20 heavy (non-hydrogen) atoms. The van der Waals surface area contributed by atoms with Crippen LogP contribution < -0.4 is 5.32 Å². The Morgan fingerprint density at radius 3 is 2.75 bits per heavy atom. The normalized spacial score (nSPS) is 27.8. The number of amides is 1. The summed E-state index contributed by atoms with van der Waals surface area (Å²) in [7, 11) is 0. The monoisotopic (exact) mass is 294 g/mol. The molecule has 2 aliphatic carbocycles. The predicted molar refractivity (Wildman–Crippen MR) is 74.6 cm³/mol. The molecule has 0 saturated heterocycles. The van der Waals surface area contributed by atoms with E-state index in [9.17, 15) is 9.59 Å². The molecule has 1 aromatic heterocycles. The Morgan fingerprint density at radius 2 is 2.20 bits per heavy atom. The lowest BCUT2D eigenvalue weighted by atomic mass is 9.88. The van der Waals surface area contributed by atoms with Crippen LogP contribution in [-0.4, -0.2) is 22.0 Å². The van der Waals surface area contributed by atoms with Crippen LogP contribution in [0.2, 0.25) is 0 Å². The SMILES string of the molecule is Cc1nc(CNC(=O)C2CC3CCC2C3)sc1C(=O)O. The first kappa shape index (κ1) is 13.5. The number of carboxylic acid groups (broad SMARTS) is 1. The minimum atomic E-state index is -0.953. The molecule has 5 nitrogen and oxygen atoms in total. The van der Waals surface area contributed by atoms with Gasteiger partial charge in [0.15, 0.2) is 0 Å². The molecule has 1 aromatic rings. The van der Waals surface area contributed by atoms with E-state index in [1.807, 2.05) is 0 Å². The molecule has 108 valence electrons. The molecule has 3 unspecified atom stereocenters. The number of carbonyl (C=O) groups excluding carboxylic acids is 1. The van der Waals surface area contributed by atoms with Gasteiger partial charge < -0.3 is 10.4 Å². The number of carbonyl (C=O) groups is 2. The Morgan fingerprint density at radius 1 is 1.40 bits per heavy atom. The highest BCUT2D eigenvalue weighted by Crippen LogP contribution is 2.48. The van der Waals surface area contributed by atoms with E-state index in [4.69, 9.17) is 5.11 Å². The fraction of sp³-hybridized carbons (Fsp3) is 0.643. The molecule has 6 heteroatoms. The summed E-state index contributed by atoms with van der Waals surface area (Å²) >= 11 is 1.14. The van der Waals surface area contributed by atoms with Crippen molar-refractivity contribution in [1.82, 2.24) is 10.3 Å². The minimum Gasteiger partial charge on any atom is -0.477 e. The predicted octanol–water partition coefficient (Wildman–Crippen LogP) is 2.20. The minimum absolute atomic E-state index is 0.113. The number of hydrogen-bond acceptors (Lipinski definition) is 4. The third-order valence-electron chi connectivity index (χ3n) is 4.52. The fourth-order valence-electron chi connectivity index (χ4n) is 3.59. The largest absolute Gasteiger partial charge is 0.477 e. The van der Waals surface area contributed by atoms with E-state index in [1.165, 1.54) is 19.3 Å². The van der Waals surface area contributed by atoms with Crippen LogP contribution in [0.3, 0.4) is 0 Å². The standard InChI is InChI=1S/C14H18N2O3S/c1-7-12(14(18)19)20-11(16-7)6-15-13(17)10-5-8-2-3-9(10)4-8/h8-10H,2-6H2,1H3,(H,15,17)(H,18,19). The molecule has 2 aliphatic rings. The van der Waals surface area contributed by atoms with Crippen LogP contribution >= 0.6 is 11.3 Å². The van der Waals surface area contributed by atoms with Crippen molar-refractivity contribution in [2.75, 3.05) is 0 Å². The Kier molecular flexibility index (Phi) is 3.50. The van der Waals surface area contributed by atoms with E-state index in [1.54, 1.807) is 6.92 Å². The summed E-state index contributed by atoms with van der Waals surface area (Å²) in [5.74, 6) is 0.630. The molecule has 3 atom stereocenters. The molecular formula is C14H18N2O3S. The number of hydrogen-bond donors (Lipinski definition) is 2. The summed E-state index contributed by atoms with van der Waals surface area (Å²) in [4.78, 5) is 27.6. The van der Waals surface area contributed by atoms with E-state index < -0.39 is 5.97 Å². The van der Waals surface area contributed by atoms with Gasteiger partial charge in [-0.05, 0) is 38.0 Å².